The second kappa shape index (κ2) is 7.57. The third kappa shape index (κ3) is 3.83. The molecule has 0 aromatic heterocycles. The van der Waals surface area contributed by atoms with Gasteiger partial charge in [0.25, 0.3) is 0 Å². The Morgan fingerprint density at radius 2 is 1.77 bits per heavy atom. The average molecular weight is 442 g/mol. The summed E-state index contributed by atoms with van der Waals surface area (Å²) in [6.45, 7) is 0. The first-order chi connectivity index (χ1) is 14.1. The number of alkyl halides is 3. The summed E-state index contributed by atoms with van der Waals surface area (Å²) in [6.07, 6.45) is -3.28. The standard InChI is InChI=1S/C18H21F3N6O2S/c19-18(20,21)13-7-6-11(10-5-4-9-2-1-3-14(22)12(9)8-10)15(16(13)30(23,28)29)17-24-26-27-25-17/h4-8,14,17,24-27H,1-3,22H2,(H2,23,28,29). The summed E-state index contributed by atoms with van der Waals surface area (Å²) in [5.41, 5.74) is 17.9. The van der Waals surface area contributed by atoms with Gasteiger partial charge in [-0.1, -0.05) is 18.2 Å². The normalized spacial score (nSPS) is 20.4. The Labute approximate surface area is 171 Å². The molecule has 2 aromatic carbocycles. The molecule has 0 radical (unpaired) electrons. The van der Waals surface area contributed by atoms with E-state index in [1.807, 2.05) is 12.1 Å². The zero-order valence-corrected chi connectivity index (χ0v) is 16.5. The van der Waals surface area contributed by atoms with Gasteiger partial charge in [-0.2, -0.15) is 24.2 Å². The number of benzene rings is 2. The van der Waals surface area contributed by atoms with Crippen LogP contribution in [-0.4, -0.2) is 8.42 Å². The van der Waals surface area contributed by atoms with Crippen LogP contribution in [0.1, 0.15) is 47.3 Å². The monoisotopic (exact) mass is 442 g/mol. The first-order valence-corrected chi connectivity index (χ1v) is 10.8. The van der Waals surface area contributed by atoms with Gasteiger partial charge in [0, 0.05) is 11.6 Å². The number of hydrogen-bond donors (Lipinski definition) is 6. The van der Waals surface area contributed by atoms with Gasteiger partial charge < -0.3 is 5.73 Å². The summed E-state index contributed by atoms with van der Waals surface area (Å²) in [7, 11) is -4.72. The quantitative estimate of drug-likeness (QED) is 0.424. The molecule has 0 amide bonds. The molecule has 1 aliphatic heterocycles. The zero-order valence-electron chi connectivity index (χ0n) is 15.7. The highest BCUT2D eigenvalue weighted by molar-refractivity contribution is 7.89. The van der Waals surface area contributed by atoms with Gasteiger partial charge in [-0.05, 0) is 53.6 Å². The Kier molecular flexibility index (Phi) is 5.34. The molecule has 12 heteroatoms. The maximum Gasteiger partial charge on any atom is 0.417 e. The Balaban J connectivity index is 2.00. The van der Waals surface area contributed by atoms with E-state index in [-0.39, 0.29) is 11.6 Å². The minimum atomic E-state index is -4.91. The summed E-state index contributed by atoms with van der Waals surface area (Å²) in [5, 5.41) is 5.26. The van der Waals surface area contributed by atoms with Crippen LogP contribution < -0.4 is 32.8 Å². The number of hydrazine groups is 3. The molecule has 2 aliphatic rings. The van der Waals surface area contributed by atoms with Gasteiger partial charge in [-0.3, -0.25) is 0 Å². The van der Waals surface area contributed by atoms with E-state index < -0.39 is 32.8 Å². The molecule has 1 atom stereocenters. The van der Waals surface area contributed by atoms with Crippen molar-refractivity contribution >= 4 is 10.0 Å². The number of nitrogens with one attached hydrogen (secondary N) is 4. The Bertz CT molecular complexity index is 1080. The summed E-state index contributed by atoms with van der Waals surface area (Å²) in [4.78, 5) is -0.981. The van der Waals surface area contributed by atoms with Crippen molar-refractivity contribution in [1.29, 1.82) is 0 Å². The first kappa shape index (κ1) is 21.2. The van der Waals surface area contributed by atoms with Crippen LogP contribution in [0.3, 0.4) is 0 Å². The van der Waals surface area contributed by atoms with Crippen LogP contribution in [0.2, 0.25) is 0 Å². The van der Waals surface area contributed by atoms with E-state index in [0.717, 1.165) is 36.5 Å². The van der Waals surface area contributed by atoms with Crippen molar-refractivity contribution in [2.75, 3.05) is 0 Å². The Hall–Kier alpha value is -2.06. The minimum absolute atomic E-state index is 0.144. The summed E-state index contributed by atoms with van der Waals surface area (Å²) in [6, 6.07) is 7.27. The van der Waals surface area contributed by atoms with Gasteiger partial charge in [0.05, 0.1) is 5.56 Å². The molecule has 0 saturated carbocycles. The van der Waals surface area contributed by atoms with E-state index >= 15 is 0 Å². The van der Waals surface area contributed by atoms with Crippen molar-refractivity contribution in [1.82, 2.24) is 21.9 Å². The second-order valence-corrected chi connectivity index (χ2v) is 8.83. The van der Waals surface area contributed by atoms with Crippen molar-refractivity contribution < 1.29 is 21.6 Å². The third-order valence-corrected chi connectivity index (χ3v) is 6.40. The molecule has 8 nitrogen and oxygen atoms in total. The molecule has 2 aromatic rings. The van der Waals surface area contributed by atoms with Gasteiger partial charge in [0.2, 0.25) is 10.0 Å². The lowest BCUT2D eigenvalue weighted by Gasteiger charge is -2.25. The summed E-state index contributed by atoms with van der Waals surface area (Å²) >= 11 is 0. The number of aryl methyl sites for hydroxylation is 1. The maximum absolute atomic E-state index is 13.6. The van der Waals surface area contributed by atoms with E-state index in [2.05, 4.69) is 21.9 Å². The number of nitrogens with two attached hydrogens (primary N) is 2. The second-order valence-electron chi connectivity index (χ2n) is 7.33. The number of rotatable bonds is 3. The minimum Gasteiger partial charge on any atom is -0.324 e. The molecular formula is C18H21F3N6O2S. The summed E-state index contributed by atoms with van der Waals surface area (Å²) in [5.74, 6) is 0. The topological polar surface area (TPSA) is 134 Å². The molecular weight excluding hydrogens is 421 g/mol. The molecule has 8 N–H and O–H groups in total. The molecule has 4 rings (SSSR count). The van der Waals surface area contributed by atoms with Crippen LogP contribution >= 0.6 is 0 Å². The lowest BCUT2D eigenvalue weighted by atomic mass is 9.85. The third-order valence-electron chi connectivity index (χ3n) is 5.39. The molecule has 1 unspecified atom stereocenters. The number of halogens is 3. The fourth-order valence-corrected chi connectivity index (χ4v) is 5.09. The Morgan fingerprint density at radius 3 is 2.40 bits per heavy atom. The highest BCUT2D eigenvalue weighted by Crippen LogP contribution is 2.42. The number of sulfonamides is 1. The molecule has 0 spiro atoms. The van der Waals surface area contributed by atoms with E-state index in [4.69, 9.17) is 10.9 Å². The van der Waals surface area contributed by atoms with Crippen LogP contribution in [0.5, 0.6) is 0 Å². The van der Waals surface area contributed by atoms with Gasteiger partial charge in [0.15, 0.2) is 0 Å². The predicted molar refractivity (Wildman–Crippen MR) is 103 cm³/mol. The molecule has 0 bridgehead atoms. The van der Waals surface area contributed by atoms with Crippen LogP contribution in [-0.2, 0) is 22.6 Å². The highest BCUT2D eigenvalue weighted by Gasteiger charge is 2.40. The van der Waals surface area contributed by atoms with E-state index in [1.165, 1.54) is 6.07 Å². The molecule has 30 heavy (non-hydrogen) atoms. The van der Waals surface area contributed by atoms with Crippen LogP contribution in [0.4, 0.5) is 13.2 Å². The molecule has 1 aliphatic carbocycles. The summed E-state index contributed by atoms with van der Waals surface area (Å²) < 4.78 is 65.6. The van der Waals surface area contributed by atoms with E-state index in [1.54, 1.807) is 6.07 Å². The average Bonchev–Trinajstić information content (AvgIpc) is 3.20. The number of hydrogen-bond acceptors (Lipinski definition) is 7. The smallest absolute Gasteiger partial charge is 0.324 e. The molecule has 1 fully saturated rings. The maximum atomic E-state index is 13.6. The predicted octanol–water partition coefficient (Wildman–Crippen LogP) is 1.47. The van der Waals surface area contributed by atoms with Crippen molar-refractivity contribution in [3.63, 3.8) is 0 Å². The van der Waals surface area contributed by atoms with Crippen molar-refractivity contribution in [3.05, 3.63) is 52.6 Å². The van der Waals surface area contributed by atoms with Gasteiger partial charge >= 0.3 is 6.18 Å². The fraction of sp³-hybridized carbons (Fsp3) is 0.333. The van der Waals surface area contributed by atoms with Gasteiger partial charge in [0.1, 0.15) is 11.1 Å². The van der Waals surface area contributed by atoms with Gasteiger partial charge in [-0.25, -0.2) is 24.4 Å². The molecule has 1 saturated heterocycles. The van der Waals surface area contributed by atoms with Crippen molar-refractivity contribution in [3.8, 4) is 11.1 Å². The van der Waals surface area contributed by atoms with Gasteiger partial charge in [-0.15, -0.1) is 0 Å². The lowest BCUT2D eigenvalue weighted by molar-refractivity contribution is -0.140. The Morgan fingerprint density at radius 1 is 1.07 bits per heavy atom. The zero-order chi connectivity index (χ0) is 21.7. The van der Waals surface area contributed by atoms with E-state index in [9.17, 15) is 21.6 Å². The van der Waals surface area contributed by atoms with Crippen molar-refractivity contribution in [2.24, 2.45) is 10.9 Å². The largest absolute Gasteiger partial charge is 0.417 e. The SMILES string of the molecule is NC1CCCc2ccc(-c3ccc(C(F)(F)F)c(S(N)(=O)=O)c3C3NNNN3)cc21. The number of fused-ring (bicyclic) bond motifs is 1. The van der Waals surface area contributed by atoms with E-state index in [0.29, 0.717) is 11.1 Å². The molecule has 162 valence electrons. The van der Waals surface area contributed by atoms with Crippen LogP contribution in [0.15, 0.2) is 35.2 Å². The number of primary sulfonamides is 1. The van der Waals surface area contributed by atoms with Crippen LogP contribution in [0, 0.1) is 0 Å². The molecule has 1 heterocycles. The van der Waals surface area contributed by atoms with Crippen molar-refractivity contribution in [2.45, 2.75) is 42.5 Å². The lowest BCUT2D eigenvalue weighted by Crippen LogP contribution is -2.33. The van der Waals surface area contributed by atoms with Crippen LogP contribution in [0.25, 0.3) is 11.1 Å². The first-order valence-electron chi connectivity index (χ1n) is 9.24. The fourth-order valence-electron chi connectivity index (χ4n) is 4.07. The highest BCUT2D eigenvalue weighted by atomic mass is 32.2.